The summed E-state index contributed by atoms with van der Waals surface area (Å²) in [5.74, 6) is -2.64. The predicted molar refractivity (Wildman–Crippen MR) is 129 cm³/mol. The van der Waals surface area contributed by atoms with Gasteiger partial charge in [0.1, 0.15) is 65.1 Å². The second-order valence-corrected chi connectivity index (χ2v) is 9.64. The Labute approximate surface area is 222 Å². The van der Waals surface area contributed by atoms with Crippen molar-refractivity contribution < 1.29 is 64.8 Å². The molecule has 0 aromatic heterocycles. The van der Waals surface area contributed by atoms with Gasteiger partial charge >= 0.3 is 0 Å². The Morgan fingerprint density at radius 1 is 1.00 bits per heavy atom. The molecule has 13 nitrogen and oxygen atoms in total. The quantitative estimate of drug-likeness (QED) is 0.158. The third-order valence-electron chi connectivity index (χ3n) is 6.93. The number of hydrogen-bond acceptors (Lipinski definition) is 12. The number of aliphatic carboxylic acids is 1. The zero-order chi connectivity index (χ0) is 28.4. The van der Waals surface area contributed by atoms with Crippen LogP contribution in [-0.2, 0) is 16.0 Å². The Morgan fingerprint density at radius 2 is 1.69 bits per heavy atom. The second-order valence-electron chi connectivity index (χ2n) is 9.64. The molecule has 2 aliphatic rings. The van der Waals surface area contributed by atoms with Crippen LogP contribution in [0.4, 0.5) is 0 Å². The lowest BCUT2D eigenvalue weighted by Gasteiger charge is -2.39. The molecule has 0 amide bonds. The van der Waals surface area contributed by atoms with Gasteiger partial charge in [-0.1, -0.05) is 12.1 Å². The SMILES string of the molecule is O=C([O-])C1CC(O)C[N+]1=C(CCc1ccc(O)cc1)c1c(O)cc(O)cc1O[C@@H]1O[C@H](CO)[C@@H](O)[C@H](O)[C@H]1O. The van der Waals surface area contributed by atoms with E-state index >= 15 is 0 Å². The molecule has 0 spiro atoms. The molecule has 39 heavy (non-hydrogen) atoms. The number of rotatable bonds is 8. The number of aryl methyl sites for hydroxylation is 1. The van der Waals surface area contributed by atoms with Gasteiger partial charge in [0, 0.05) is 25.0 Å². The van der Waals surface area contributed by atoms with Gasteiger partial charge in [-0.3, -0.25) is 0 Å². The van der Waals surface area contributed by atoms with Gasteiger partial charge in [0.25, 0.3) is 0 Å². The van der Waals surface area contributed by atoms with Gasteiger partial charge in [-0.05, 0) is 24.1 Å². The fourth-order valence-corrected chi connectivity index (χ4v) is 4.93. The molecule has 2 aromatic rings. The van der Waals surface area contributed by atoms with Crippen LogP contribution in [0.5, 0.6) is 23.0 Å². The normalized spacial score (nSPS) is 30.2. The average Bonchev–Trinajstić information content (AvgIpc) is 3.28. The smallest absolute Gasteiger partial charge is 0.229 e. The number of carbonyl (C=O) groups is 1. The minimum absolute atomic E-state index is 0.0500. The summed E-state index contributed by atoms with van der Waals surface area (Å²) in [6.45, 7) is -0.838. The molecule has 212 valence electrons. The lowest BCUT2D eigenvalue weighted by molar-refractivity contribution is -0.546. The molecule has 7 atom stereocenters. The van der Waals surface area contributed by atoms with Crippen LogP contribution in [0.15, 0.2) is 36.4 Å². The highest BCUT2D eigenvalue weighted by Crippen LogP contribution is 2.37. The number of hydrogen-bond donors (Lipinski definition) is 8. The third-order valence-corrected chi connectivity index (χ3v) is 6.93. The number of nitrogens with zero attached hydrogens (tertiary/aromatic N) is 1. The Kier molecular flexibility index (Phi) is 8.59. The van der Waals surface area contributed by atoms with Crippen LogP contribution in [-0.4, -0.2) is 113 Å². The van der Waals surface area contributed by atoms with E-state index in [1.165, 1.54) is 16.7 Å². The van der Waals surface area contributed by atoms with Gasteiger partial charge in [-0.25, -0.2) is 4.58 Å². The van der Waals surface area contributed by atoms with E-state index in [2.05, 4.69) is 0 Å². The van der Waals surface area contributed by atoms with E-state index < -0.39 is 66.9 Å². The van der Waals surface area contributed by atoms with E-state index in [-0.39, 0.29) is 42.2 Å². The first-order valence-electron chi connectivity index (χ1n) is 12.3. The zero-order valence-electron chi connectivity index (χ0n) is 20.7. The highest BCUT2D eigenvalue weighted by atomic mass is 16.7. The molecule has 2 saturated heterocycles. The van der Waals surface area contributed by atoms with Gasteiger partial charge in [-0.2, -0.15) is 0 Å². The maximum atomic E-state index is 12.0. The predicted octanol–water partition coefficient (Wildman–Crippen LogP) is -2.70. The topological polar surface area (TPSA) is 223 Å². The number of carboxylic acid groups (broad SMARTS) is 1. The van der Waals surface area contributed by atoms with Crippen LogP contribution in [0, 0.1) is 0 Å². The van der Waals surface area contributed by atoms with Crippen LogP contribution in [0.25, 0.3) is 0 Å². The maximum Gasteiger partial charge on any atom is 0.229 e. The molecule has 0 bridgehead atoms. The molecule has 2 aromatic carbocycles. The Bertz CT molecular complexity index is 1210. The number of carboxylic acids is 1. The Morgan fingerprint density at radius 3 is 2.33 bits per heavy atom. The first-order valence-corrected chi connectivity index (χ1v) is 12.3. The summed E-state index contributed by atoms with van der Waals surface area (Å²) in [7, 11) is 0. The minimum Gasteiger partial charge on any atom is -0.543 e. The molecule has 0 aliphatic carbocycles. The molecule has 2 unspecified atom stereocenters. The molecule has 8 N–H and O–H groups in total. The number of β-amino-alcohol motifs (C(OH)–C–C–N with tert-alkyl or cyclic N) is 1. The van der Waals surface area contributed by atoms with Crippen LogP contribution >= 0.6 is 0 Å². The van der Waals surface area contributed by atoms with Crippen LogP contribution in [0.2, 0.25) is 0 Å². The van der Waals surface area contributed by atoms with Crippen molar-refractivity contribution in [1.29, 1.82) is 0 Å². The largest absolute Gasteiger partial charge is 0.543 e. The standard InChI is InChI=1S/C26H31NO12/c28-11-20-22(33)23(34)24(35)26(39-20)38-19-9-14(30)8-18(32)21(19)16(6-3-12-1-4-13(29)5-2-12)27-10-15(31)7-17(27)25(36)37/h1-2,4-5,8-9,15,17,20,22-24,26,28,31,33-35H,3,6-7,10-11H2,(H3,29,30,32,36,37)/t15?,17?,20-,22-,23+,24-,26-/m1/s1. The van der Waals surface area contributed by atoms with Gasteiger partial charge < -0.3 is 60.2 Å². The number of phenolic OH excluding ortho intramolecular Hbond substituents is 3. The molecule has 2 fully saturated rings. The summed E-state index contributed by atoms with van der Waals surface area (Å²) in [6.07, 6.45) is -8.96. The molecular weight excluding hydrogens is 518 g/mol. The number of ether oxygens (including phenoxy) is 2. The first-order chi connectivity index (χ1) is 18.5. The maximum absolute atomic E-state index is 12.0. The number of aromatic hydroxyl groups is 3. The number of carbonyl (C=O) groups excluding carboxylic acids is 1. The van der Waals surface area contributed by atoms with Crippen LogP contribution in [0.1, 0.15) is 24.0 Å². The summed E-state index contributed by atoms with van der Waals surface area (Å²) < 4.78 is 12.5. The van der Waals surface area contributed by atoms with Gasteiger partial charge in [0.15, 0.2) is 18.3 Å². The highest BCUT2D eigenvalue weighted by molar-refractivity contribution is 6.02. The van der Waals surface area contributed by atoms with Crippen molar-refractivity contribution in [2.45, 2.75) is 62.1 Å². The summed E-state index contributed by atoms with van der Waals surface area (Å²) in [5.41, 5.74) is 0.875. The molecule has 4 rings (SSSR count). The zero-order valence-corrected chi connectivity index (χ0v) is 20.7. The van der Waals surface area contributed by atoms with Crippen LogP contribution in [0.3, 0.4) is 0 Å². The van der Waals surface area contributed by atoms with Gasteiger partial charge in [-0.15, -0.1) is 0 Å². The molecule has 13 heteroatoms. The minimum atomic E-state index is -1.80. The molecular formula is C26H31NO12. The third kappa shape index (κ3) is 6.08. The monoisotopic (exact) mass is 549 g/mol. The number of aliphatic hydroxyl groups excluding tert-OH is 5. The first kappa shape index (κ1) is 28.5. The van der Waals surface area contributed by atoms with Crippen molar-refractivity contribution in [1.82, 2.24) is 0 Å². The van der Waals surface area contributed by atoms with Crippen molar-refractivity contribution in [3.05, 3.63) is 47.5 Å². The fourth-order valence-electron chi connectivity index (χ4n) is 4.93. The van der Waals surface area contributed by atoms with Crippen molar-refractivity contribution in [3.8, 4) is 23.0 Å². The van der Waals surface area contributed by atoms with Crippen molar-refractivity contribution >= 4 is 11.7 Å². The Hall–Kier alpha value is -3.46. The van der Waals surface area contributed by atoms with Crippen molar-refractivity contribution in [2.75, 3.05) is 13.2 Å². The van der Waals surface area contributed by atoms with E-state index in [4.69, 9.17) is 9.47 Å². The summed E-state index contributed by atoms with van der Waals surface area (Å²) in [4.78, 5) is 12.0. The fraction of sp³-hybridized carbons (Fsp3) is 0.462. The summed E-state index contributed by atoms with van der Waals surface area (Å²) >= 11 is 0. The van der Waals surface area contributed by atoms with Gasteiger partial charge in [0.2, 0.25) is 6.29 Å². The number of phenols is 3. The average molecular weight is 550 g/mol. The lowest BCUT2D eigenvalue weighted by atomic mass is 9.98. The molecule has 2 aliphatic heterocycles. The Balaban J connectivity index is 1.80. The lowest BCUT2D eigenvalue weighted by Crippen LogP contribution is -2.60. The molecule has 2 heterocycles. The van der Waals surface area contributed by atoms with Crippen molar-refractivity contribution in [2.24, 2.45) is 0 Å². The van der Waals surface area contributed by atoms with E-state index in [0.717, 1.165) is 17.7 Å². The number of aliphatic hydroxyl groups is 5. The van der Waals surface area contributed by atoms with Crippen LogP contribution < -0.4 is 9.84 Å². The van der Waals surface area contributed by atoms with E-state index in [0.29, 0.717) is 6.42 Å². The molecule has 0 radical (unpaired) electrons. The van der Waals surface area contributed by atoms with Gasteiger partial charge in [0.05, 0.1) is 6.61 Å². The summed E-state index contributed by atoms with van der Waals surface area (Å²) in [5, 5.41) is 93.2. The second kappa shape index (κ2) is 11.7. The van der Waals surface area contributed by atoms with Crippen molar-refractivity contribution in [3.63, 3.8) is 0 Å². The summed E-state index contributed by atoms with van der Waals surface area (Å²) in [6, 6.07) is 7.08. The molecule has 0 saturated carbocycles. The van der Waals surface area contributed by atoms with E-state index in [1.807, 2.05) is 0 Å². The van der Waals surface area contributed by atoms with E-state index in [1.54, 1.807) is 12.1 Å². The highest BCUT2D eigenvalue weighted by Gasteiger charge is 2.46. The van der Waals surface area contributed by atoms with E-state index in [9.17, 15) is 50.8 Å². The number of benzene rings is 2.